The van der Waals surface area contributed by atoms with Crippen molar-refractivity contribution in [2.24, 2.45) is 0 Å². The third kappa shape index (κ3) is 12.3. The lowest BCUT2D eigenvalue weighted by Crippen LogP contribution is -2.90. The lowest BCUT2D eigenvalue weighted by molar-refractivity contribution is -0.520. The van der Waals surface area contributed by atoms with E-state index >= 15 is 79.0 Å². The fourth-order valence-electron chi connectivity index (χ4n) is 7.10. The molecule has 0 spiro atoms. The molecule has 0 aliphatic heterocycles. The number of alkyl halides is 64. The molecular formula is C37H14F64O3Si. The van der Waals surface area contributed by atoms with Gasteiger partial charge < -0.3 is 13.3 Å². The number of hydrogen-bond acceptors (Lipinski definition) is 3. The maximum atomic E-state index is 16.9. The van der Waals surface area contributed by atoms with Crippen molar-refractivity contribution in [3.8, 4) is 0 Å². The molecule has 3 nitrogen and oxygen atoms in total. The van der Waals surface area contributed by atoms with E-state index in [2.05, 4.69) is 8.85 Å². The van der Waals surface area contributed by atoms with Gasteiger partial charge in [0.2, 0.25) is 0 Å². The maximum absolute atomic E-state index is 16.9. The van der Waals surface area contributed by atoms with Gasteiger partial charge in [-0.2, -0.15) is 281 Å². The average molecular weight is 1750 g/mol. The van der Waals surface area contributed by atoms with Crippen LogP contribution in [0, 0.1) is 0 Å². The Bertz CT molecular complexity index is 2780. The molecule has 0 amide bonds. The highest BCUT2D eigenvalue weighted by Crippen LogP contribution is 2.76. The first-order chi connectivity index (χ1) is 44.3. The first-order valence-electron chi connectivity index (χ1n) is 23.3. The molecule has 0 saturated carbocycles. The fourth-order valence-corrected chi connectivity index (χ4v) is 9.31. The Kier molecular flexibility index (Phi) is 24.5. The van der Waals surface area contributed by atoms with Crippen molar-refractivity contribution in [2.45, 2.75) is 210 Å². The summed E-state index contributed by atoms with van der Waals surface area (Å²) in [5.41, 5.74) is -12.7. The molecule has 1 atom stereocenters. The van der Waals surface area contributed by atoms with Crippen LogP contribution in [0.25, 0.3) is 0 Å². The van der Waals surface area contributed by atoms with Crippen LogP contribution >= 0.6 is 0 Å². The topological polar surface area (TPSA) is 27.7 Å². The Morgan fingerprint density at radius 3 is 0.486 bits per heavy atom. The van der Waals surface area contributed by atoms with E-state index in [1.807, 2.05) is 0 Å². The van der Waals surface area contributed by atoms with Crippen LogP contribution in [-0.4, -0.2) is 207 Å². The molecule has 0 aromatic heterocycles. The van der Waals surface area contributed by atoms with Crippen LogP contribution in [0.1, 0.15) is 19.8 Å². The Hall–Kier alpha value is -4.38. The molecule has 0 aliphatic carbocycles. The fraction of sp³-hybridized carbons (Fsp3) is 1.00. The van der Waals surface area contributed by atoms with Crippen LogP contribution in [0.4, 0.5) is 281 Å². The molecule has 0 fully saturated rings. The largest absolute Gasteiger partial charge is 0.501 e. The minimum Gasteiger partial charge on any atom is -0.377 e. The van der Waals surface area contributed by atoms with Gasteiger partial charge in [0, 0.05) is 26.2 Å². The summed E-state index contributed by atoms with van der Waals surface area (Å²) in [7, 11) is -11.8. The van der Waals surface area contributed by atoms with E-state index in [4.69, 9.17) is 0 Å². The predicted octanol–water partition coefficient (Wildman–Crippen LogP) is 21.9. The second kappa shape index (κ2) is 25.6. The minimum atomic E-state index is -12.7. The van der Waals surface area contributed by atoms with E-state index < -0.39 is 233 Å². The Labute approximate surface area is 528 Å². The van der Waals surface area contributed by atoms with Crippen molar-refractivity contribution in [2.75, 3.05) is 13.7 Å². The normalized spacial score (nSPS) is 17.8. The van der Waals surface area contributed by atoms with Crippen LogP contribution in [0.2, 0.25) is 6.04 Å². The zero-order valence-electron chi connectivity index (χ0n) is 46.2. The molecule has 0 aromatic rings. The summed E-state index contributed by atoms with van der Waals surface area (Å²) in [6.45, 7) is -5.57. The molecule has 105 heavy (non-hydrogen) atoms. The van der Waals surface area contributed by atoms with Gasteiger partial charge in [-0.1, -0.05) is 6.92 Å². The van der Waals surface area contributed by atoms with Crippen LogP contribution < -0.4 is 0 Å². The van der Waals surface area contributed by atoms with Crippen molar-refractivity contribution in [3.63, 3.8) is 0 Å². The Morgan fingerprint density at radius 1 is 0.200 bits per heavy atom. The number of rotatable bonds is 34. The van der Waals surface area contributed by atoms with Gasteiger partial charge in [0.05, 0.1) is 0 Å². The molecule has 0 saturated heterocycles. The third-order valence-electron chi connectivity index (χ3n) is 13.5. The van der Waals surface area contributed by atoms with Gasteiger partial charge in [-0.15, -0.1) is 0 Å². The van der Waals surface area contributed by atoms with E-state index in [1.165, 1.54) is 0 Å². The molecule has 0 rings (SSSR count). The molecule has 0 N–H and O–H groups in total. The van der Waals surface area contributed by atoms with E-state index in [0.29, 0.717) is 0 Å². The van der Waals surface area contributed by atoms with Crippen molar-refractivity contribution in [3.05, 3.63) is 0 Å². The summed E-state index contributed by atoms with van der Waals surface area (Å²) < 4.78 is 932. The van der Waals surface area contributed by atoms with Crippen molar-refractivity contribution in [1.29, 1.82) is 0 Å². The summed E-state index contributed by atoms with van der Waals surface area (Å²) in [5, 5.41) is 0. The summed E-state index contributed by atoms with van der Waals surface area (Å²) in [6, 6.07) is -4.09. The van der Waals surface area contributed by atoms with E-state index in [1.54, 1.807) is 4.43 Å². The Balaban J connectivity index is 11.2. The average Bonchev–Trinajstić information content (AvgIpc) is 0.648. The summed E-state index contributed by atoms with van der Waals surface area (Å²) >= 11 is 0. The van der Waals surface area contributed by atoms with Crippen LogP contribution in [0.3, 0.4) is 0 Å². The standard InChI is InChI=1S/C37H14F64O3Si/c1-3-105(102-2,103-6-4-5-7(38,39)9(40,41)13(48,49)26(74,75)30(82,83)34(90,91)92)104-8(10(42,43)14(50,51)17(56,57)20(62,63)23(68,69)27(76,77)31(84,85)35(93,94)95,11(44,45)15(52,53)18(58,59)21(64,65)24(70,71)28(78,79)32(86,87)36(96,97)98)12(46,47)16(54,55)19(60,61)22(66,67)25(72,73)29(80,81)33(88,89)37(99,100)101/h3-6H2,1-2H3. The van der Waals surface area contributed by atoms with Gasteiger partial charge in [-0.05, 0) is 6.42 Å². The highest BCUT2D eigenvalue weighted by molar-refractivity contribution is 6.60. The minimum absolute atomic E-state index is 1.40. The van der Waals surface area contributed by atoms with Gasteiger partial charge in [0.1, 0.15) is 0 Å². The number of halogens is 64. The zero-order valence-corrected chi connectivity index (χ0v) is 47.2. The highest BCUT2D eigenvalue weighted by Gasteiger charge is 3.09. The monoisotopic (exact) mass is 1750 g/mol. The van der Waals surface area contributed by atoms with Crippen molar-refractivity contribution >= 4 is 8.80 Å². The molecule has 0 bridgehead atoms. The quantitative estimate of drug-likeness (QED) is 0.0365. The van der Waals surface area contributed by atoms with Gasteiger partial charge >= 0.3 is 187 Å². The summed E-state index contributed by atoms with van der Waals surface area (Å²) in [5.74, 6) is -281. The van der Waals surface area contributed by atoms with Gasteiger partial charge in [0.15, 0.2) is 0 Å². The van der Waals surface area contributed by atoms with Gasteiger partial charge in [-0.25, -0.2) is 0 Å². The van der Waals surface area contributed by atoms with E-state index in [-0.39, 0.29) is 0 Å². The van der Waals surface area contributed by atoms with Crippen molar-refractivity contribution in [1.82, 2.24) is 0 Å². The number of hydrogen-bond donors (Lipinski definition) is 0. The van der Waals surface area contributed by atoms with Crippen LogP contribution in [0.5, 0.6) is 0 Å². The molecule has 1 unspecified atom stereocenters. The maximum Gasteiger partial charge on any atom is 0.501 e. The van der Waals surface area contributed by atoms with E-state index in [0.717, 1.165) is 0 Å². The molecule has 0 aliphatic rings. The Morgan fingerprint density at radius 2 is 0.343 bits per heavy atom. The van der Waals surface area contributed by atoms with Gasteiger partial charge in [-0.3, -0.25) is 0 Å². The zero-order chi connectivity index (χ0) is 86.9. The molecule has 0 heterocycles. The first kappa shape index (κ1) is 101. The highest BCUT2D eigenvalue weighted by atomic mass is 28.4. The van der Waals surface area contributed by atoms with Crippen LogP contribution in [0.15, 0.2) is 0 Å². The lowest BCUT2D eigenvalue weighted by atomic mass is 9.69. The third-order valence-corrected chi connectivity index (χ3v) is 16.2. The molecular weight excluding hydrogens is 1740 g/mol. The van der Waals surface area contributed by atoms with Crippen molar-refractivity contribution < 1.29 is 294 Å². The SMILES string of the molecule is CC[Si](OC)(OCCCC(F)(F)C(F)(F)C(F)(F)C(F)(F)C(F)(F)C(F)(F)F)OC(C(F)(F)C(F)(F)C(F)(F)C(F)(F)C(F)(F)C(F)(F)C(F)(F)C(F)(F)F)(C(F)(F)C(F)(F)C(F)(F)C(F)(F)C(F)(F)C(F)(F)C(F)(F)C(F)(F)F)C(F)(F)C(F)(F)C(F)(F)C(F)(F)C(F)(F)C(F)(F)C(F)(F)C(F)(F)F. The second-order valence-corrected chi connectivity index (χ2v) is 23.0. The van der Waals surface area contributed by atoms with Crippen LogP contribution in [-0.2, 0) is 13.3 Å². The van der Waals surface area contributed by atoms with Gasteiger partial charge in [0.25, 0.3) is 5.60 Å². The summed E-state index contributed by atoms with van der Waals surface area (Å²) in [4.78, 5) is 0. The first-order valence-corrected chi connectivity index (χ1v) is 25.2. The molecule has 0 aromatic carbocycles. The summed E-state index contributed by atoms with van der Waals surface area (Å²) in [6.07, 6.45) is -44.4. The molecule has 68 heteroatoms. The van der Waals surface area contributed by atoms with E-state index in [9.17, 15) is 202 Å². The molecule has 0 radical (unpaired) electrons. The second-order valence-electron chi connectivity index (χ2n) is 20.0. The lowest BCUT2D eigenvalue weighted by Gasteiger charge is -2.57. The predicted molar refractivity (Wildman–Crippen MR) is 195 cm³/mol. The molecule has 632 valence electrons. The smallest absolute Gasteiger partial charge is 0.377 e.